The molecule has 0 atom stereocenters. The summed E-state index contributed by atoms with van der Waals surface area (Å²) in [5.74, 6) is 0.640. The molecule has 0 fully saturated rings. The average molecular weight is 739 g/mol. The predicted molar refractivity (Wildman–Crippen MR) is 242 cm³/mol. The third-order valence-electron chi connectivity index (χ3n) is 11.7. The van der Waals surface area contributed by atoms with Gasteiger partial charge in [0.2, 0.25) is 5.95 Å². The largest absolute Gasteiger partial charge is 0.309 e. The van der Waals surface area contributed by atoms with Gasteiger partial charge in [-0.2, -0.15) is 0 Å². The van der Waals surface area contributed by atoms with Gasteiger partial charge < -0.3 is 4.57 Å². The molecule has 0 spiro atoms. The van der Waals surface area contributed by atoms with Crippen LogP contribution in [0.5, 0.6) is 0 Å². The molecule has 0 aliphatic heterocycles. The zero-order valence-electron chi connectivity index (χ0n) is 31.4. The van der Waals surface area contributed by atoms with Gasteiger partial charge in [0.25, 0.3) is 0 Å². The minimum Gasteiger partial charge on any atom is -0.309 e. The third kappa shape index (κ3) is 5.16. The molecule has 0 bridgehead atoms. The minimum absolute atomic E-state index is 0.640. The molecule has 0 saturated heterocycles. The molecular weight excluding hydrogens is 705 g/mol. The van der Waals surface area contributed by atoms with E-state index < -0.39 is 0 Å². The molecule has 4 heteroatoms. The van der Waals surface area contributed by atoms with Gasteiger partial charge in [-0.05, 0) is 93.3 Å². The number of rotatable bonds is 5. The van der Waals surface area contributed by atoms with Gasteiger partial charge >= 0.3 is 0 Å². The minimum atomic E-state index is 0.640. The lowest BCUT2D eigenvalue weighted by molar-refractivity contribution is 0.996. The molecule has 270 valence electrons. The van der Waals surface area contributed by atoms with E-state index in [0.717, 1.165) is 55.6 Å². The molecule has 0 amide bonds. The van der Waals surface area contributed by atoms with E-state index >= 15 is 0 Å². The maximum Gasteiger partial charge on any atom is 0.235 e. The Hall–Kier alpha value is -7.82. The van der Waals surface area contributed by atoms with Crippen LogP contribution in [0.2, 0.25) is 0 Å². The van der Waals surface area contributed by atoms with Crippen molar-refractivity contribution in [2.45, 2.75) is 0 Å². The van der Waals surface area contributed by atoms with Gasteiger partial charge in [-0.25, -0.2) is 9.97 Å². The molecule has 0 aliphatic carbocycles. The van der Waals surface area contributed by atoms with Crippen molar-refractivity contribution >= 4 is 65.2 Å². The van der Waals surface area contributed by atoms with Gasteiger partial charge in [0.15, 0.2) is 0 Å². The lowest BCUT2D eigenvalue weighted by Crippen LogP contribution is -2.04. The van der Waals surface area contributed by atoms with E-state index in [0.29, 0.717) is 5.95 Å². The summed E-state index contributed by atoms with van der Waals surface area (Å²) in [6.07, 6.45) is 0. The fourth-order valence-corrected chi connectivity index (χ4v) is 8.90. The van der Waals surface area contributed by atoms with Crippen LogP contribution in [0.1, 0.15) is 0 Å². The Labute approximate surface area is 334 Å². The van der Waals surface area contributed by atoms with Gasteiger partial charge in [0.1, 0.15) is 0 Å². The summed E-state index contributed by atoms with van der Waals surface area (Å²) in [6, 6.07) is 73.9. The number of benzene rings is 9. The molecule has 9 aromatic carbocycles. The van der Waals surface area contributed by atoms with Crippen molar-refractivity contribution in [3.05, 3.63) is 206 Å². The molecule has 0 radical (unpaired) electrons. The van der Waals surface area contributed by atoms with E-state index in [2.05, 4.69) is 215 Å². The predicted octanol–water partition coefficient (Wildman–Crippen LogP) is 14.0. The number of hydrogen-bond donors (Lipinski definition) is 0. The topological polar surface area (TPSA) is 35.6 Å². The lowest BCUT2D eigenvalue weighted by Gasteiger charge is -2.13. The lowest BCUT2D eigenvalue weighted by atomic mass is 10.0. The van der Waals surface area contributed by atoms with Crippen molar-refractivity contribution < 1.29 is 0 Å². The highest BCUT2D eigenvalue weighted by atomic mass is 15.2. The molecule has 0 unspecified atom stereocenters. The Kier molecular flexibility index (Phi) is 7.20. The second-order valence-corrected chi connectivity index (χ2v) is 15.1. The molecule has 3 aromatic heterocycles. The Bertz CT molecular complexity index is 3480. The molecular formula is C54H34N4. The quantitative estimate of drug-likeness (QED) is 0.176. The monoisotopic (exact) mass is 738 g/mol. The first kappa shape index (κ1) is 32.4. The molecule has 0 aliphatic rings. The normalized spacial score (nSPS) is 11.8. The van der Waals surface area contributed by atoms with E-state index in [1.54, 1.807) is 0 Å². The van der Waals surface area contributed by atoms with Crippen LogP contribution in [0.3, 0.4) is 0 Å². The zero-order chi connectivity index (χ0) is 38.2. The third-order valence-corrected chi connectivity index (χ3v) is 11.7. The highest BCUT2D eigenvalue weighted by Gasteiger charge is 2.19. The number of fused-ring (bicyclic) bond motifs is 8. The highest BCUT2D eigenvalue weighted by molar-refractivity contribution is 6.12. The maximum atomic E-state index is 5.36. The first-order chi connectivity index (χ1) is 28.7. The van der Waals surface area contributed by atoms with Crippen molar-refractivity contribution in [1.29, 1.82) is 0 Å². The fraction of sp³-hybridized carbons (Fsp3) is 0. The van der Waals surface area contributed by atoms with Crippen LogP contribution >= 0.6 is 0 Å². The molecule has 0 N–H and O–H groups in total. The van der Waals surface area contributed by atoms with Crippen molar-refractivity contribution in [2.24, 2.45) is 0 Å². The van der Waals surface area contributed by atoms with Gasteiger partial charge in [-0.15, -0.1) is 0 Å². The summed E-state index contributed by atoms with van der Waals surface area (Å²) >= 11 is 0. The number of aromatic nitrogens is 4. The highest BCUT2D eigenvalue weighted by Crippen LogP contribution is 2.39. The van der Waals surface area contributed by atoms with E-state index in [1.807, 2.05) is 0 Å². The summed E-state index contributed by atoms with van der Waals surface area (Å²) < 4.78 is 4.62. The first-order valence-electron chi connectivity index (χ1n) is 19.7. The molecule has 4 nitrogen and oxygen atoms in total. The number of nitrogens with zero attached hydrogens (tertiary/aromatic N) is 4. The van der Waals surface area contributed by atoms with E-state index in [9.17, 15) is 0 Å². The van der Waals surface area contributed by atoms with Gasteiger partial charge in [-0.1, -0.05) is 146 Å². The Balaban J connectivity index is 1.06. The van der Waals surface area contributed by atoms with Crippen LogP contribution < -0.4 is 0 Å². The Morgan fingerprint density at radius 2 is 0.759 bits per heavy atom. The van der Waals surface area contributed by atoms with Crippen LogP contribution in [0.25, 0.3) is 110 Å². The summed E-state index contributed by atoms with van der Waals surface area (Å²) in [5.41, 5.74) is 11.8. The van der Waals surface area contributed by atoms with Crippen LogP contribution in [-0.2, 0) is 0 Å². The van der Waals surface area contributed by atoms with E-state index in [1.165, 1.54) is 48.9 Å². The molecule has 12 rings (SSSR count). The van der Waals surface area contributed by atoms with E-state index in [4.69, 9.17) is 9.97 Å². The summed E-state index contributed by atoms with van der Waals surface area (Å²) in [4.78, 5) is 10.7. The van der Waals surface area contributed by atoms with E-state index in [-0.39, 0.29) is 0 Å². The first-order valence-corrected chi connectivity index (χ1v) is 19.7. The maximum absolute atomic E-state index is 5.36. The van der Waals surface area contributed by atoms with Crippen molar-refractivity contribution in [3.63, 3.8) is 0 Å². The summed E-state index contributed by atoms with van der Waals surface area (Å²) in [7, 11) is 0. The Morgan fingerprint density at radius 3 is 1.43 bits per heavy atom. The van der Waals surface area contributed by atoms with Crippen LogP contribution in [-0.4, -0.2) is 19.1 Å². The van der Waals surface area contributed by atoms with Crippen LogP contribution in [0.15, 0.2) is 206 Å². The smallest absolute Gasteiger partial charge is 0.235 e. The number of hydrogen-bond acceptors (Lipinski definition) is 2. The zero-order valence-corrected chi connectivity index (χ0v) is 31.4. The van der Waals surface area contributed by atoms with Gasteiger partial charge in [-0.3, -0.25) is 4.57 Å². The summed E-state index contributed by atoms with van der Waals surface area (Å²) in [6.45, 7) is 0. The van der Waals surface area contributed by atoms with Crippen LogP contribution in [0.4, 0.5) is 0 Å². The van der Waals surface area contributed by atoms with Crippen molar-refractivity contribution in [3.8, 4) is 45.3 Å². The second-order valence-electron chi connectivity index (χ2n) is 15.1. The molecule has 12 aromatic rings. The fourth-order valence-electron chi connectivity index (χ4n) is 8.90. The average Bonchev–Trinajstić information content (AvgIpc) is 3.81. The standard InChI is InChI=1S/C54H34N4/c1-2-16-43(17-3-1)57-50-20-10-8-18-44(50)46-28-26-40(33-53(46)57)39-27-29-52-47(32-39)45-19-9-11-21-51(45)58(52)54-55-48(41-24-22-35-12-4-6-14-37(35)30-41)34-49(56-54)42-25-23-36-13-5-7-15-38(36)31-42/h1-34H. The van der Waals surface area contributed by atoms with Crippen molar-refractivity contribution in [1.82, 2.24) is 19.1 Å². The summed E-state index contributed by atoms with van der Waals surface area (Å²) in [5, 5.41) is 9.57. The van der Waals surface area contributed by atoms with Crippen LogP contribution in [0, 0.1) is 0 Å². The molecule has 58 heavy (non-hydrogen) atoms. The van der Waals surface area contributed by atoms with Gasteiger partial charge in [0.05, 0.1) is 33.5 Å². The van der Waals surface area contributed by atoms with Crippen molar-refractivity contribution in [2.75, 3.05) is 0 Å². The SMILES string of the molecule is c1ccc(-n2c3ccccc3c3ccc(-c4ccc5c(c4)c4ccccc4n5-c4nc(-c5ccc6ccccc6c5)cc(-c5ccc6ccccc6c5)n4)cc32)cc1. The molecule has 0 saturated carbocycles. The van der Waals surface area contributed by atoms with Gasteiger partial charge in [0, 0.05) is 38.4 Å². The second kappa shape index (κ2) is 12.9. The Morgan fingerprint density at radius 1 is 0.276 bits per heavy atom. The number of para-hydroxylation sites is 3. The molecule has 3 heterocycles.